The number of rotatable bonds is 5. The summed E-state index contributed by atoms with van der Waals surface area (Å²) >= 11 is 11.8. The molecule has 1 aromatic heterocycles. The molecule has 2 rings (SSSR count). The van der Waals surface area contributed by atoms with Crippen molar-refractivity contribution in [3.8, 4) is 11.4 Å². The Labute approximate surface area is 152 Å². The van der Waals surface area contributed by atoms with Crippen molar-refractivity contribution in [2.24, 2.45) is 0 Å². The van der Waals surface area contributed by atoms with Crippen LogP contribution in [0.5, 0.6) is 0 Å². The SMILES string of the molecule is CCCc1nc(-c2ccc(Cl)c(Br)c2)nc(NCC)c1I. The fourth-order valence-corrected chi connectivity index (χ4v) is 3.14. The van der Waals surface area contributed by atoms with E-state index in [2.05, 4.69) is 62.7 Å². The number of aromatic nitrogens is 2. The first kappa shape index (κ1) is 17.0. The number of hydrogen-bond acceptors (Lipinski definition) is 3. The third-order valence-electron chi connectivity index (χ3n) is 2.93. The molecule has 0 radical (unpaired) electrons. The minimum absolute atomic E-state index is 0.685. The topological polar surface area (TPSA) is 37.8 Å². The van der Waals surface area contributed by atoms with Crippen LogP contribution in [0.4, 0.5) is 5.82 Å². The minimum atomic E-state index is 0.685. The molecule has 0 saturated heterocycles. The zero-order valence-electron chi connectivity index (χ0n) is 11.9. The Kier molecular flexibility index (Phi) is 6.25. The third kappa shape index (κ3) is 4.07. The van der Waals surface area contributed by atoms with Gasteiger partial charge in [-0.05, 0) is 70.1 Å². The van der Waals surface area contributed by atoms with Crippen LogP contribution in [-0.4, -0.2) is 16.5 Å². The summed E-state index contributed by atoms with van der Waals surface area (Å²) in [5, 5.41) is 4.00. The van der Waals surface area contributed by atoms with Gasteiger partial charge in [0.25, 0.3) is 0 Å². The predicted molar refractivity (Wildman–Crippen MR) is 101 cm³/mol. The quantitative estimate of drug-likeness (QED) is 0.571. The zero-order chi connectivity index (χ0) is 15.4. The second-order valence-electron chi connectivity index (χ2n) is 4.57. The Balaban J connectivity index is 2.53. The van der Waals surface area contributed by atoms with Crippen LogP contribution in [0.25, 0.3) is 11.4 Å². The highest BCUT2D eigenvalue weighted by Gasteiger charge is 2.13. The number of anilines is 1. The van der Waals surface area contributed by atoms with Crippen LogP contribution in [0.2, 0.25) is 5.02 Å². The van der Waals surface area contributed by atoms with Gasteiger partial charge in [-0.25, -0.2) is 9.97 Å². The predicted octanol–water partition coefficient (Wildman–Crippen LogP) is 5.55. The molecule has 0 aliphatic heterocycles. The number of benzene rings is 1. The summed E-state index contributed by atoms with van der Waals surface area (Å²) in [6.45, 7) is 5.06. The maximum Gasteiger partial charge on any atom is 0.161 e. The lowest BCUT2D eigenvalue weighted by atomic mass is 10.2. The zero-order valence-corrected chi connectivity index (χ0v) is 16.4. The standard InChI is InChI=1S/C15H16BrClIN3/c1-3-5-12-13(18)15(19-4-2)21-14(20-12)9-6-7-11(17)10(16)8-9/h6-8H,3-5H2,1-2H3,(H,19,20,21). The first-order valence-electron chi connectivity index (χ1n) is 6.82. The van der Waals surface area contributed by atoms with Crippen LogP contribution in [0.15, 0.2) is 22.7 Å². The average molecular weight is 481 g/mol. The molecule has 3 nitrogen and oxygen atoms in total. The van der Waals surface area contributed by atoms with Crippen molar-refractivity contribution in [3.05, 3.63) is 37.0 Å². The van der Waals surface area contributed by atoms with Crippen LogP contribution in [-0.2, 0) is 6.42 Å². The molecule has 1 heterocycles. The monoisotopic (exact) mass is 479 g/mol. The molecule has 0 aliphatic carbocycles. The number of halogens is 3. The van der Waals surface area contributed by atoms with Gasteiger partial charge in [0.1, 0.15) is 5.82 Å². The molecule has 0 spiro atoms. The Morgan fingerprint density at radius 1 is 1.29 bits per heavy atom. The van der Waals surface area contributed by atoms with Gasteiger partial charge < -0.3 is 5.32 Å². The van der Waals surface area contributed by atoms with Crippen LogP contribution < -0.4 is 5.32 Å². The van der Waals surface area contributed by atoms with E-state index in [1.165, 1.54) is 0 Å². The normalized spacial score (nSPS) is 10.7. The van der Waals surface area contributed by atoms with Gasteiger partial charge in [0.15, 0.2) is 5.82 Å². The summed E-state index contributed by atoms with van der Waals surface area (Å²) in [4.78, 5) is 9.38. The molecule has 0 bridgehead atoms. The first-order chi connectivity index (χ1) is 10.1. The molecule has 1 N–H and O–H groups in total. The van der Waals surface area contributed by atoms with E-state index in [0.717, 1.165) is 50.3 Å². The second-order valence-corrected chi connectivity index (χ2v) is 6.91. The van der Waals surface area contributed by atoms with Gasteiger partial charge in [0, 0.05) is 16.6 Å². The molecule has 0 fully saturated rings. The highest BCUT2D eigenvalue weighted by molar-refractivity contribution is 14.1. The molecule has 0 atom stereocenters. The van der Waals surface area contributed by atoms with Crippen molar-refractivity contribution in [1.29, 1.82) is 0 Å². The number of aryl methyl sites for hydroxylation is 1. The van der Waals surface area contributed by atoms with Crippen molar-refractivity contribution >= 4 is 55.9 Å². The molecule has 0 saturated carbocycles. The Morgan fingerprint density at radius 2 is 2.05 bits per heavy atom. The van der Waals surface area contributed by atoms with Gasteiger partial charge in [-0.2, -0.15) is 0 Å². The molecule has 2 aromatic rings. The van der Waals surface area contributed by atoms with Crippen molar-refractivity contribution in [3.63, 3.8) is 0 Å². The van der Waals surface area contributed by atoms with Gasteiger partial charge in [-0.1, -0.05) is 24.9 Å². The van der Waals surface area contributed by atoms with E-state index < -0.39 is 0 Å². The lowest BCUT2D eigenvalue weighted by Crippen LogP contribution is -2.08. The van der Waals surface area contributed by atoms with Crippen molar-refractivity contribution in [2.75, 3.05) is 11.9 Å². The number of hydrogen-bond donors (Lipinski definition) is 1. The number of nitrogens with one attached hydrogen (secondary N) is 1. The Morgan fingerprint density at radius 3 is 2.67 bits per heavy atom. The fourth-order valence-electron chi connectivity index (χ4n) is 1.94. The van der Waals surface area contributed by atoms with Gasteiger partial charge in [0.05, 0.1) is 14.3 Å². The summed E-state index contributed by atoms with van der Waals surface area (Å²) in [6.07, 6.45) is 2.00. The van der Waals surface area contributed by atoms with Crippen LogP contribution >= 0.6 is 50.1 Å². The van der Waals surface area contributed by atoms with Crippen molar-refractivity contribution in [2.45, 2.75) is 26.7 Å². The molecule has 21 heavy (non-hydrogen) atoms. The Bertz CT molecular complexity index is 622. The average Bonchev–Trinajstić information content (AvgIpc) is 2.46. The maximum absolute atomic E-state index is 6.05. The van der Waals surface area contributed by atoms with E-state index in [0.29, 0.717) is 5.02 Å². The van der Waals surface area contributed by atoms with E-state index in [9.17, 15) is 0 Å². The maximum atomic E-state index is 6.05. The largest absolute Gasteiger partial charge is 0.369 e. The molecule has 6 heteroatoms. The van der Waals surface area contributed by atoms with E-state index >= 15 is 0 Å². The summed E-state index contributed by atoms with van der Waals surface area (Å²) in [5.74, 6) is 1.63. The third-order valence-corrected chi connectivity index (χ3v) is 5.28. The van der Waals surface area contributed by atoms with Crippen LogP contribution in [0, 0.1) is 3.57 Å². The summed E-state index contributed by atoms with van der Waals surface area (Å²) < 4.78 is 1.96. The van der Waals surface area contributed by atoms with E-state index in [4.69, 9.17) is 16.6 Å². The lowest BCUT2D eigenvalue weighted by Gasteiger charge is -2.12. The molecular formula is C15H16BrClIN3. The van der Waals surface area contributed by atoms with Gasteiger partial charge in [-0.3, -0.25) is 0 Å². The molecule has 1 aromatic carbocycles. The Hall–Kier alpha value is -0.400. The molecule has 112 valence electrons. The summed E-state index contributed by atoms with van der Waals surface area (Å²) in [7, 11) is 0. The fraction of sp³-hybridized carbons (Fsp3) is 0.333. The molecule has 0 amide bonds. The molecular weight excluding hydrogens is 464 g/mol. The number of nitrogens with zero attached hydrogens (tertiary/aromatic N) is 2. The van der Waals surface area contributed by atoms with Gasteiger partial charge in [0.2, 0.25) is 0 Å². The molecule has 0 aliphatic rings. The highest BCUT2D eigenvalue weighted by Crippen LogP contribution is 2.29. The van der Waals surface area contributed by atoms with Gasteiger partial charge in [-0.15, -0.1) is 0 Å². The van der Waals surface area contributed by atoms with E-state index in [1.807, 2.05) is 18.2 Å². The van der Waals surface area contributed by atoms with Crippen molar-refractivity contribution in [1.82, 2.24) is 9.97 Å². The van der Waals surface area contributed by atoms with Crippen LogP contribution in [0.1, 0.15) is 26.0 Å². The summed E-state index contributed by atoms with van der Waals surface area (Å²) in [6, 6.07) is 5.76. The minimum Gasteiger partial charge on any atom is -0.369 e. The second kappa shape index (κ2) is 7.74. The smallest absolute Gasteiger partial charge is 0.161 e. The molecule has 0 unspecified atom stereocenters. The van der Waals surface area contributed by atoms with E-state index in [-0.39, 0.29) is 0 Å². The van der Waals surface area contributed by atoms with Crippen molar-refractivity contribution < 1.29 is 0 Å². The van der Waals surface area contributed by atoms with E-state index in [1.54, 1.807) is 0 Å². The highest BCUT2D eigenvalue weighted by atomic mass is 127. The summed E-state index contributed by atoms with van der Waals surface area (Å²) in [5.41, 5.74) is 2.05. The van der Waals surface area contributed by atoms with Gasteiger partial charge >= 0.3 is 0 Å². The van der Waals surface area contributed by atoms with Crippen LogP contribution in [0.3, 0.4) is 0 Å². The first-order valence-corrected chi connectivity index (χ1v) is 9.07. The lowest BCUT2D eigenvalue weighted by molar-refractivity contribution is 0.867.